The molecule has 0 radical (unpaired) electrons. The van der Waals surface area contributed by atoms with E-state index < -0.39 is 12.0 Å². The Balaban J connectivity index is 2.89. The van der Waals surface area contributed by atoms with Crippen LogP contribution in [0.15, 0.2) is 6.07 Å². The molecule has 0 aliphatic heterocycles. The summed E-state index contributed by atoms with van der Waals surface area (Å²) in [5.74, 6) is -0.0990. The molecule has 0 aliphatic carbocycles. The standard InChI is InChI=1S/C14H22N2O3/c1-8-5-9(2)13(14(19-4)10(8)3)16-7-11(15)6-12(17)18/h5,11,16H,6-7,15H2,1-4H3,(H,17,18). The lowest BCUT2D eigenvalue weighted by Crippen LogP contribution is -2.31. The molecule has 0 heterocycles. The number of aliphatic carboxylic acids is 1. The van der Waals surface area contributed by atoms with Gasteiger partial charge in [-0.3, -0.25) is 4.79 Å². The number of nitrogens with two attached hydrogens (primary N) is 1. The molecular weight excluding hydrogens is 244 g/mol. The first kappa shape index (κ1) is 15.3. The van der Waals surface area contributed by atoms with Crippen LogP contribution in [0.1, 0.15) is 23.1 Å². The van der Waals surface area contributed by atoms with E-state index in [0.717, 1.165) is 28.1 Å². The van der Waals surface area contributed by atoms with Gasteiger partial charge in [-0.05, 0) is 37.5 Å². The molecule has 5 nitrogen and oxygen atoms in total. The van der Waals surface area contributed by atoms with Gasteiger partial charge < -0.3 is 20.9 Å². The third kappa shape index (κ3) is 3.86. The molecule has 0 saturated heterocycles. The molecule has 1 aromatic carbocycles. The molecule has 4 N–H and O–H groups in total. The van der Waals surface area contributed by atoms with Crippen molar-refractivity contribution in [1.29, 1.82) is 0 Å². The van der Waals surface area contributed by atoms with Crippen molar-refractivity contribution in [2.24, 2.45) is 5.73 Å². The molecule has 19 heavy (non-hydrogen) atoms. The van der Waals surface area contributed by atoms with Gasteiger partial charge in [0.05, 0.1) is 19.2 Å². The van der Waals surface area contributed by atoms with E-state index in [-0.39, 0.29) is 6.42 Å². The Morgan fingerprint density at radius 2 is 2.05 bits per heavy atom. The van der Waals surface area contributed by atoms with Crippen LogP contribution in [-0.4, -0.2) is 30.8 Å². The van der Waals surface area contributed by atoms with E-state index in [1.54, 1.807) is 7.11 Å². The smallest absolute Gasteiger partial charge is 0.304 e. The predicted octanol–water partition coefficient (Wildman–Crippen LogP) is 1.83. The van der Waals surface area contributed by atoms with Gasteiger partial charge in [0.2, 0.25) is 0 Å². The van der Waals surface area contributed by atoms with Crippen LogP contribution in [-0.2, 0) is 4.79 Å². The van der Waals surface area contributed by atoms with Crippen molar-refractivity contribution >= 4 is 11.7 Å². The normalized spacial score (nSPS) is 12.1. The molecule has 0 fully saturated rings. The average molecular weight is 266 g/mol. The summed E-state index contributed by atoms with van der Waals surface area (Å²) >= 11 is 0. The zero-order chi connectivity index (χ0) is 14.6. The van der Waals surface area contributed by atoms with E-state index in [9.17, 15) is 4.79 Å². The van der Waals surface area contributed by atoms with Gasteiger partial charge in [-0.1, -0.05) is 6.07 Å². The second-order valence-electron chi connectivity index (χ2n) is 4.78. The zero-order valence-corrected chi connectivity index (χ0v) is 11.9. The van der Waals surface area contributed by atoms with Gasteiger partial charge >= 0.3 is 5.97 Å². The van der Waals surface area contributed by atoms with E-state index in [1.165, 1.54) is 0 Å². The molecule has 0 amide bonds. The lowest BCUT2D eigenvalue weighted by atomic mass is 10.0. The minimum atomic E-state index is -0.891. The number of ether oxygens (including phenoxy) is 1. The summed E-state index contributed by atoms with van der Waals surface area (Å²) in [6.45, 7) is 6.41. The van der Waals surface area contributed by atoms with Crippen LogP contribution < -0.4 is 15.8 Å². The third-order valence-corrected chi connectivity index (χ3v) is 3.17. The Morgan fingerprint density at radius 1 is 1.42 bits per heavy atom. The molecule has 106 valence electrons. The number of carboxylic acids is 1. The second kappa shape index (κ2) is 6.43. The third-order valence-electron chi connectivity index (χ3n) is 3.17. The number of anilines is 1. The van der Waals surface area contributed by atoms with Gasteiger partial charge in [-0.2, -0.15) is 0 Å². The van der Waals surface area contributed by atoms with Crippen molar-refractivity contribution in [3.8, 4) is 5.75 Å². The van der Waals surface area contributed by atoms with Gasteiger partial charge in [0.1, 0.15) is 5.75 Å². The molecular formula is C14H22N2O3. The van der Waals surface area contributed by atoms with E-state index in [4.69, 9.17) is 15.6 Å². The van der Waals surface area contributed by atoms with E-state index in [2.05, 4.69) is 11.4 Å². The van der Waals surface area contributed by atoms with Gasteiger partial charge in [0, 0.05) is 12.6 Å². The van der Waals surface area contributed by atoms with E-state index >= 15 is 0 Å². The number of rotatable bonds is 6. The minimum Gasteiger partial charge on any atom is -0.494 e. The van der Waals surface area contributed by atoms with Crippen LogP contribution in [0.2, 0.25) is 0 Å². The number of benzene rings is 1. The highest BCUT2D eigenvalue weighted by atomic mass is 16.5. The largest absolute Gasteiger partial charge is 0.494 e. The van der Waals surface area contributed by atoms with Crippen LogP contribution in [0.5, 0.6) is 5.75 Å². The number of hydrogen-bond donors (Lipinski definition) is 3. The number of nitrogens with one attached hydrogen (secondary N) is 1. The molecule has 0 bridgehead atoms. The minimum absolute atomic E-state index is 0.0563. The summed E-state index contributed by atoms with van der Waals surface area (Å²) in [5, 5.41) is 11.9. The molecule has 5 heteroatoms. The highest BCUT2D eigenvalue weighted by Gasteiger charge is 2.14. The molecule has 0 spiro atoms. The highest BCUT2D eigenvalue weighted by Crippen LogP contribution is 2.34. The van der Waals surface area contributed by atoms with Gasteiger partial charge in [0.25, 0.3) is 0 Å². The molecule has 0 aliphatic rings. The lowest BCUT2D eigenvalue weighted by molar-refractivity contribution is -0.137. The van der Waals surface area contributed by atoms with Gasteiger partial charge in [0.15, 0.2) is 0 Å². The Bertz CT molecular complexity index is 472. The van der Waals surface area contributed by atoms with Crippen molar-refractivity contribution in [2.75, 3.05) is 19.0 Å². The van der Waals surface area contributed by atoms with E-state index in [1.807, 2.05) is 20.8 Å². The SMILES string of the molecule is COc1c(C)c(C)cc(C)c1NCC(N)CC(=O)O. The molecule has 0 aromatic heterocycles. The quantitative estimate of drug-likeness (QED) is 0.731. The first-order valence-electron chi connectivity index (χ1n) is 6.22. The summed E-state index contributed by atoms with van der Waals surface area (Å²) in [4.78, 5) is 10.6. The van der Waals surface area contributed by atoms with Crippen LogP contribution in [0.25, 0.3) is 0 Å². The fourth-order valence-electron chi connectivity index (χ4n) is 2.06. The predicted molar refractivity (Wildman–Crippen MR) is 75.9 cm³/mol. The monoisotopic (exact) mass is 266 g/mol. The molecule has 1 rings (SSSR count). The van der Waals surface area contributed by atoms with Crippen LogP contribution >= 0.6 is 0 Å². The Morgan fingerprint density at radius 3 is 2.58 bits per heavy atom. The number of methoxy groups -OCH3 is 1. The number of carboxylic acid groups (broad SMARTS) is 1. The number of carbonyl (C=O) groups is 1. The Hall–Kier alpha value is -1.75. The van der Waals surface area contributed by atoms with Crippen molar-refractivity contribution in [3.05, 3.63) is 22.8 Å². The van der Waals surface area contributed by atoms with E-state index in [0.29, 0.717) is 6.54 Å². The maximum Gasteiger partial charge on any atom is 0.304 e. The zero-order valence-electron chi connectivity index (χ0n) is 11.9. The molecule has 0 saturated carbocycles. The van der Waals surface area contributed by atoms with Crippen LogP contribution in [0.4, 0.5) is 5.69 Å². The molecule has 1 aromatic rings. The Kier molecular flexibility index (Phi) is 5.18. The second-order valence-corrected chi connectivity index (χ2v) is 4.78. The van der Waals surface area contributed by atoms with Crippen molar-refractivity contribution in [3.63, 3.8) is 0 Å². The van der Waals surface area contributed by atoms with Crippen LogP contribution in [0, 0.1) is 20.8 Å². The first-order valence-corrected chi connectivity index (χ1v) is 6.22. The summed E-state index contributed by atoms with van der Waals surface area (Å²) in [5.41, 5.74) is 9.92. The topological polar surface area (TPSA) is 84.6 Å². The van der Waals surface area contributed by atoms with Gasteiger partial charge in [-0.15, -0.1) is 0 Å². The summed E-state index contributed by atoms with van der Waals surface area (Å²) in [6.07, 6.45) is -0.0563. The van der Waals surface area contributed by atoms with Gasteiger partial charge in [-0.25, -0.2) is 0 Å². The first-order chi connectivity index (χ1) is 8.86. The summed E-state index contributed by atoms with van der Waals surface area (Å²) < 4.78 is 5.43. The van der Waals surface area contributed by atoms with Crippen molar-refractivity contribution in [1.82, 2.24) is 0 Å². The maximum absolute atomic E-state index is 10.6. The number of aryl methyl sites for hydroxylation is 2. The van der Waals surface area contributed by atoms with Crippen molar-refractivity contribution in [2.45, 2.75) is 33.2 Å². The highest BCUT2D eigenvalue weighted by molar-refractivity contribution is 5.68. The van der Waals surface area contributed by atoms with Crippen molar-refractivity contribution < 1.29 is 14.6 Å². The maximum atomic E-state index is 10.6. The fourth-order valence-corrected chi connectivity index (χ4v) is 2.06. The molecule has 1 atom stereocenters. The molecule has 1 unspecified atom stereocenters. The fraction of sp³-hybridized carbons (Fsp3) is 0.500. The summed E-state index contributed by atoms with van der Waals surface area (Å²) in [6, 6.07) is 1.64. The van der Waals surface area contributed by atoms with Crippen LogP contribution in [0.3, 0.4) is 0 Å². The Labute approximate surface area is 113 Å². The average Bonchev–Trinajstić information content (AvgIpc) is 2.31. The number of hydrogen-bond acceptors (Lipinski definition) is 4. The summed E-state index contributed by atoms with van der Waals surface area (Å²) in [7, 11) is 1.63. The lowest BCUT2D eigenvalue weighted by Gasteiger charge is -2.19.